The van der Waals surface area contributed by atoms with Gasteiger partial charge < -0.3 is 15.8 Å². The molecule has 0 radical (unpaired) electrons. The molecule has 0 unspecified atom stereocenters. The standard InChI is InChI=1S/C16H17BrN2O2/c1-10(11-4-3-5-12(17)8-11)19-16(20)14-7-6-13(21-2)9-15(14)18/h3-10H,18H2,1-2H3,(H,19,20)/t10-/m1/s1. The van der Waals surface area contributed by atoms with Gasteiger partial charge >= 0.3 is 0 Å². The van der Waals surface area contributed by atoms with Crippen LogP contribution in [0.25, 0.3) is 0 Å². The van der Waals surface area contributed by atoms with Gasteiger partial charge in [-0.25, -0.2) is 0 Å². The minimum absolute atomic E-state index is 0.114. The van der Waals surface area contributed by atoms with Crippen LogP contribution in [0, 0.1) is 0 Å². The molecule has 0 heterocycles. The molecule has 21 heavy (non-hydrogen) atoms. The van der Waals surface area contributed by atoms with Crippen molar-refractivity contribution in [1.29, 1.82) is 0 Å². The molecule has 0 fully saturated rings. The summed E-state index contributed by atoms with van der Waals surface area (Å²) in [6, 6.07) is 12.7. The van der Waals surface area contributed by atoms with E-state index in [1.54, 1.807) is 25.3 Å². The van der Waals surface area contributed by atoms with Gasteiger partial charge in [-0.3, -0.25) is 4.79 Å². The van der Waals surface area contributed by atoms with Crippen molar-refractivity contribution in [2.75, 3.05) is 12.8 Å². The lowest BCUT2D eigenvalue weighted by Gasteiger charge is -2.16. The largest absolute Gasteiger partial charge is 0.497 e. The molecule has 3 N–H and O–H groups in total. The second kappa shape index (κ2) is 6.63. The van der Waals surface area contributed by atoms with Crippen LogP contribution in [0.3, 0.4) is 0 Å². The zero-order valence-corrected chi connectivity index (χ0v) is 13.5. The number of rotatable bonds is 4. The van der Waals surface area contributed by atoms with Crippen molar-refractivity contribution in [2.45, 2.75) is 13.0 Å². The monoisotopic (exact) mass is 348 g/mol. The molecule has 0 saturated carbocycles. The van der Waals surface area contributed by atoms with Crippen LogP contribution >= 0.6 is 15.9 Å². The number of hydrogen-bond donors (Lipinski definition) is 2. The first kappa shape index (κ1) is 15.4. The molecule has 1 amide bonds. The molecule has 0 aliphatic carbocycles. The lowest BCUT2D eigenvalue weighted by molar-refractivity contribution is 0.0941. The summed E-state index contributed by atoms with van der Waals surface area (Å²) in [4.78, 5) is 12.3. The van der Waals surface area contributed by atoms with Crippen LogP contribution in [-0.4, -0.2) is 13.0 Å². The summed E-state index contributed by atoms with van der Waals surface area (Å²) in [5, 5.41) is 2.94. The smallest absolute Gasteiger partial charge is 0.253 e. The third-order valence-corrected chi connectivity index (χ3v) is 3.69. The lowest BCUT2D eigenvalue weighted by Crippen LogP contribution is -2.27. The van der Waals surface area contributed by atoms with E-state index in [0.29, 0.717) is 17.0 Å². The van der Waals surface area contributed by atoms with Gasteiger partial charge in [0, 0.05) is 16.2 Å². The average molecular weight is 349 g/mol. The quantitative estimate of drug-likeness (QED) is 0.830. The Bertz CT molecular complexity index is 658. The Morgan fingerprint density at radius 3 is 2.67 bits per heavy atom. The zero-order valence-electron chi connectivity index (χ0n) is 11.9. The molecule has 0 aliphatic rings. The molecule has 2 aromatic carbocycles. The molecule has 2 rings (SSSR count). The Labute approximate surface area is 132 Å². The number of amides is 1. The van der Waals surface area contributed by atoms with E-state index in [4.69, 9.17) is 10.5 Å². The van der Waals surface area contributed by atoms with E-state index in [0.717, 1.165) is 10.0 Å². The molecule has 1 atom stereocenters. The molecule has 0 aromatic heterocycles. The lowest BCUT2D eigenvalue weighted by atomic mass is 10.1. The van der Waals surface area contributed by atoms with Gasteiger partial charge in [0.1, 0.15) is 5.75 Å². The van der Waals surface area contributed by atoms with Gasteiger partial charge in [-0.2, -0.15) is 0 Å². The number of halogens is 1. The number of benzene rings is 2. The minimum atomic E-state index is -0.206. The topological polar surface area (TPSA) is 64.3 Å². The number of methoxy groups -OCH3 is 1. The maximum absolute atomic E-state index is 12.3. The van der Waals surface area contributed by atoms with Crippen molar-refractivity contribution in [3.8, 4) is 5.75 Å². The van der Waals surface area contributed by atoms with Crippen LogP contribution in [0.2, 0.25) is 0 Å². The van der Waals surface area contributed by atoms with Crippen LogP contribution in [-0.2, 0) is 0 Å². The highest BCUT2D eigenvalue weighted by molar-refractivity contribution is 9.10. The first-order valence-corrected chi connectivity index (χ1v) is 7.30. The fourth-order valence-electron chi connectivity index (χ4n) is 2.01. The molecule has 4 nitrogen and oxygen atoms in total. The number of carbonyl (C=O) groups excluding carboxylic acids is 1. The zero-order chi connectivity index (χ0) is 15.4. The van der Waals surface area contributed by atoms with Crippen molar-refractivity contribution in [1.82, 2.24) is 5.32 Å². The predicted octanol–water partition coefficient (Wildman–Crippen LogP) is 3.53. The molecule has 0 aliphatic heterocycles. The summed E-state index contributed by atoms with van der Waals surface area (Å²) in [7, 11) is 1.56. The molecule has 0 spiro atoms. The van der Waals surface area contributed by atoms with Crippen molar-refractivity contribution in [3.63, 3.8) is 0 Å². The molecule has 2 aromatic rings. The summed E-state index contributed by atoms with van der Waals surface area (Å²) >= 11 is 3.42. The number of nitrogen functional groups attached to an aromatic ring is 1. The molecule has 0 saturated heterocycles. The average Bonchev–Trinajstić information content (AvgIpc) is 2.46. The van der Waals surface area contributed by atoms with Gasteiger partial charge in [0.05, 0.1) is 18.7 Å². The van der Waals surface area contributed by atoms with Gasteiger partial charge in [-0.05, 0) is 36.8 Å². The van der Waals surface area contributed by atoms with Crippen LogP contribution < -0.4 is 15.8 Å². The maximum atomic E-state index is 12.3. The molecular formula is C16H17BrN2O2. The van der Waals surface area contributed by atoms with Crippen LogP contribution in [0.15, 0.2) is 46.9 Å². The van der Waals surface area contributed by atoms with Crippen LogP contribution in [0.5, 0.6) is 5.75 Å². The Balaban J connectivity index is 2.14. The fraction of sp³-hybridized carbons (Fsp3) is 0.188. The molecule has 0 bridgehead atoms. The van der Waals surface area contributed by atoms with E-state index in [2.05, 4.69) is 21.2 Å². The third-order valence-electron chi connectivity index (χ3n) is 3.20. The number of ether oxygens (including phenoxy) is 1. The first-order chi connectivity index (χ1) is 10.0. The van der Waals surface area contributed by atoms with Gasteiger partial charge in [0.2, 0.25) is 0 Å². The van der Waals surface area contributed by atoms with Gasteiger partial charge in [-0.1, -0.05) is 28.1 Å². The Hall–Kier alpha value is -2.01. The normalized spacial score (nSPS) is 11.8. The summed E-state index contributed by atoms with van der Waals surface area (Å²) in [5.74, 6) is 0.423. The van der Waals surface area contributed by atoms with E-state index in [1.807, 2.05) is 31.2 Å². The second-order valence-corrected chi connectivity index (χ2v) is 5.62. The third kappa shape index (κ3) is 3.76. The number of anilines is 1. The summed E-state index contributed by atoms with van der Waals surface area (Å²) in [6.45, 7) is 1.93. The summed E-state index contributed by atoms with van der Waals surface area (Å²) in [5.41, 5.74) is 7.75. The fourth-order valence-corrected chi connectivity index (χ4v) is 2.43. The van der Waals surface area contributed by atoms with E-state index in [9.17, 15) is 4.79 Å². The van der Waals surface area contributed by atoms with Crippen molar-refractivity contribution in [3.05, 3.63) is 58.1 Å². The number of hydrogen-bond acceptors (Lipinski definition) is 3. The SMILES string of the molecule is COc1ccc(C(=O)N[C@H](C)c2cccc(Br)c2)c(N)c1. The summed E-state index contributed by atoms with van der Waals surface area (Å²) < 4.78 is 6.05. The second-order valence-electron chi connectivity index (χ2n) is 4.70. The Morgan fingerprint density at radius 1 is 1.29 bits per heavy atom. The molecular weight excluding hydrogens is 332 g/mol. The highest BCUT2D eigenvalue weighted by Gasteiger charge is 2.14. The van der Waals surface area contributed by atoms with Crippen molar-refractivity contribution in [2.24, 2.45) is 0 Å². The van der Waals surface area contributed by atoms with Crippen LogP contribution in [0.4, 0.5) is 5.69 Å². The van der Waals surface area contributed by atoms with Crippen molar-refractivity contribution < 1.29 is 9.53 Å². The minimum Gasteiger partial charge on any atom is -0.497 e. The number of carbonyl (C=O) groups is 1. The van der Waals surface area contributed by atoms with Gasteiger partial charge in [0.25, 0.3) is 5.91 Å². The van der Waals surface area contributed by atoms with Crippen molar-refractivity contribution >= 4 is 27.5 Å². The first-order valence-electron chi connectivity index (χ1n) is 6.51. The highest BCUT2D eigenvalue weighted by atomic mass is 79.9. The predicted molar refractivity (Wildman–Crippen MR) is 87.4 cm³/mol. The van der Waals surface area contributed by atoms with Crippen LogP contribution in [0.1, 0.15) is 28.9 Å². The van der Waals surface area contributed by atoms with E-state index in [-0.39, 0.29) is 11.9 Å². The molecule has 110 valence electrons. The Kier molecular flexibility index (Phi) is 4.85. The van der Waals surface area contributed by atoms with E-state index < -0.39 is 0 Å². The Morgan fingerprint density at radius 2 is 2.05 bits per heavy atom. The van der Waals surface area contributed by atoms with E-state index >= 15 is 0 Å². The van der Waals surface area contributed by atoms with E-state index in [1.165, 1.54) is 0 Å². The maximum Gasteiger partial charge on any atom is 0.253 e. The van der Waals surface area contributed by atoms with Gasteiger partial charge in [0.15, 0.2) is 0 Å². The number of nitrogens with one attached hydrogen (secondary N) is 1. The highest BCUT2D eigenvalue weighted by Crippen LogP contribution is 2.22. The number of nitrogens with two attached hydrogens (primary N) is 1. The molecule has 5 heteroatoms. The summed E-state index contributed by atoms with van der Waals surface area (Å²) in [6.07, 6.45) is 0. The van der Waals surface area contributed by atoms with Gasteiger partial charge in [-0.15, -0.1) is 0 Å².